The highest BCUT2D eigenvalue weighted by Crippen LogP contribution is 2.19. The van der Waals surface area contributed by atoms with Crippen molar-refractivity contribution in [3.8, 4) is 0 Å². The number of aromatic nitrogens is 4. The number of tetrazole rings is 1. The molecule has 108 valence electrons. The minimum atomic E-state index is -3.56. The molecule has 0 spiro atoms. The van der Waals surface area contributed by atoms with Crippen LogP contribution in [0.4, 0.5) is 0 Å². The van der Waals surface area contributed by atoms with Crippen molar-refractivity contribution < 1.29 is 13.5 Å². The Labute approximate surface area is 111 Å². The molecule has 0 aliphatic carbocycles. The number of nitrogens with one attached hydrogen (secondary N) is 2. The van der Waals surface area contributed by atoms with E-state index >= 15 is 0 Å². The minimum Gasteiger partial charge on any atom is -0.396 e. The van der Waals surface area contributed by atoms with Gasteiger partial charge in [0.1, 0.15) is 0 Å². The van der Waals surface area contributed by atoms with Crippen LogP contribution in [0.1, 0.15) is 31.6 Å². The maximum absolute atomic E-state index is 12.2. The molecule has 0 amide bonds. The van der Waals surface area contributed by atoms with Crippen LogP contribution in [0.2, 0.25) is 0 Å². The molecule has 2 heterocycles. The molecule has 1 aliphatic heterocycles. The van der Waals surface area contributed by atoms with E-state index in [4.69, 9.17) is 5.11 Å². The van der Waals surface area contributed by atoms with Gasteiger partial charge in [0, 0.05) is 19.7 Å². The first-order valence-electron chi connectivity index (χ1n) is 6.14. The lowest BCUT2D eigenvalue weighted by molar-refractivity contribution is 0.169. The van der Waals surface area contributed by atoms with E-state index in [2.05, 4.69) is 25.3 Å². The molecule has 10 heteroatoms. The van der Waals surface area contributed by atoms with E-state index in [1.54, 1.807) is 6.92 Å². The Morgan fingerprint density at radius 3 is 2.74 bits per heavy atom. The van der Waals surface area contributed by atoms with Crippen LogP contribution in [0, 0.1) is 5.92 Å². The summed E-state index contributed by atoms with van der Waals surface area (Å²) in [6.45, 7) is 2.60. The van der Waals surface area contributed by atoms with Gasteiger partial charge < -0.3 is 5.11 Å². The molecule has 2 rings (SSSR count). The SMILES string of the molecule is CC(NS(=O)(=O)N1CCC(CO)CC1)c1nn[nH]n1. The molecule has 1 atom stereocenters. The molecule has 1 saturated heterocycles. The van der Waals surface area contributed by atoms with E-state index in [9.17, 15) is 8.42 Å². The second-order valence-electron chi connectivity index (χ2n) is 4.64. The summed E-state index contributed by atoms with van der Waals surface area (Å²) in [4.78, 5) is 0. The summed E-state index contributed by atoms with van der Waals surface area (Å²) in [6.07, 6.45) is 1.35. The monoisotopic (exact) mass is 290 g/mol. The summed E-state index contributed by atoms with van der Waals surface area (Å²) in [5, 5.41) is 22.2. The average molecular weight is 290 g/mol. The van der Waals surface area contributed by atoms with Crippen molar-refractivity contribution in [3.63, 3.8) is 0 Å². The predicted octanol–water partition coefficient (Wildman–Crippen LogP) is -1.20. The Hall–Kier alpha value is -1.10. The maximum atomic E-state index is 12.2. The first-order valence-corrected chi connectivity index (χ1v) is 7.58. The van der Waals surface area contributed by atoms with Crippen LogP contribution >= 0.6 is 0 Å². The van der Waals surface area contributed by atoms with E-state index < -0.39 is 16.3 Å². The van der Waals surface area contributed by atoms with Crippen LogP contribution < -0.4 is 4.72 Å². The van der Waals surface area contributed by atoms with Gasteiger partial charge in [0.05, 0.1) is 6.04 Å². The summed E-state index contributed by atoms with van der Waals surface area (Å²) < 4.78 is 28.2. The van der Waals surface area contributed by atoms with Gasteiger partial charge in [-0.05, 0) is 25.7 Å². The highest BCUT2D eigenvalue weighted by molar-refractivity contribution is 7.87. The lowest BCUT2D eigenvalue weighted by Crippen LogP contribution is -2.46. The zero-order chi connectivity index (χ0) is 13.9. The summed E-state index contributed by atoms with van der Waals surface area (Å²) in [7, 11) is -3.56. The summed E-state index contributed by atoms with van der Waals surface area (Å²) >= 11 is 0. The summed E-state index contributed by atoms with van der Waals surface area (Å²) in [6, 6.07) is -0.542. The number of aliphatic hydroxyl groups is 1. The number of aliphatic hydroxyl groups excluding tert-OH is 1. The van der Waals surface area contributed by atoms with Crippen LogP contribution in [0.15, 0.2) is 0 Å². The van der Waals surface area contributed by atoms with Gasteiger partial charge in [0.15, 0.2) is 5.82 Å². The molecular weight excluding hydrogens is 272 g/mol. The zero-order valence-electron chi connectivity index (χ0n) is 10.7. The molecule has 9 nitrogen and oxygen atoms in total. The second-order valence-corrected chi connectivity index (χ2v) is 6.34. The molecule has 0 bridgehead atoms. The third kappa shape index (κ3) is 3.47. The average Bonchev–Trinajstić information content (AvgIpc) is 2.92. The Morgan fingerprint density at radius 2 is 2.21 bits per heavy atom. The molecule has 1 unspecified atom stereocenters. The molecule has 0 saturated carbocycles. The molecule has 0 aromatic carbocycles. The fraction of sp³-hybridized carbons (Fsp3) is 0.889. The van der Waals surface area contributed by atoms with Gasteiger partial charge in [0.2, 0.25) is 0 Å². The molecule has 19 heavy (non-hydrogen) atoms. The number of H-pyrrole nitrogens is 1. The van der Waals surface area contributed by atoms with E-state index in [1.807, 2.05) is 0 Å². The smallest absolute Gasteiger partial charge is 0.280 e. The number of rotatable bonds is 5. The number of nitrogens with zero attached hydrogens (tertiary/aromatic N) is 4. The van der Waals surface area contributed by atoms with Crippen LogP contribution in [0.25, 0.3) is 0 Å². The maximum Gasteiger partial charge on any atom is 0.280 e. The summed E-state index contributed by atoms with van der Waals surface area (Å²) in [5.41, 5.74) is 0. The fourth-order valence-electron chi connectivity index (χ4n) is 2.04. The molecule has 1 aromatic heterocycles. The molecule has 0 radical (unpaired) electrons. The Bertz CT molecular complexity index is 482. The van der Waals surface area contributed by atoms with Crippen molar-refractivity contribution in [1.29, 1.82) is 0 Å². The summed E-state index contributed by atoms with van der Waals surface area (Å²) in [5.74, 6) is 0.495. The van der Waals surface area contributed by atoms with Gasteiger partial charge in [0.25, 0.3) is 10.2 Å². The number of hydrogen-bond acceptors (Lipinski definition) is 6. The van der Waals surface area contributed by atoms with Crippen molar-refractivity contribution in [2.24, 2.45) is 5.92 Å². The van der Waals surface area contributed by atoms with E-state index in [0.717, 1.165) is 0 Å². The normalized spacial score (nSPS) is 20.5. The van der Waals surface area contributed by atoms with Gasteiger partial charge in [-0.25, -0.2) is 0 Å². The second kappa shape index (κ2) is 5.90. The van der Waals surface area contributed by atoms with Gasteiger partial charge in [-0.1, -0.05) is 5.21 Å². The van der Waals surface area contributed by atoms with Crippen LogP contribution in [-0.2, 0) is 10.2 Å². The number of piperidine rings is 1. The van der Waals surface area contributed by atoms with Crippen LogP contribution in [0.3, 0.4) is 0 Å². The third-order valence-corrected chi connectivity index (χ3v) is 4.94. The lowest BCUT2D eigenvalue weighted by Gasteiger charge is -2.30. The standard InChI is InChI=1S/C9H18N6O3S/c1-7(9-10-13-14-11-9)12-19(17,18)15-4-2-8(6-16)3-5-15/h7-8,12,16H,2-6H2,1H3,(H,10,11,13,14). The van der Waals surface area contributed by atoms with Crippen molar-refractivity contribution >= 4 is 10.2 Å². The van der Waals surface area contributed by atoms with Gasteiger partial charge >= 0.3 is 0 Å². The van der Waals surface area contributed by atoms with Crippen molar-refractivity contribution in [3.05, 3.63) is 5.82 Å². The Kier molecular flexibility index (Phi) is 4.45. The quantitative estimate of drug-likeness (QED) is 0.625. The third-order valence-electron chi connectivity index (χ3n) is 3.25. The largest absolute Gasteiger partial charge is 0.396 e. The molecule has 1 aliphatic rings. The zero-order valence-corrected chi connectivity index (χ0v) is 11.5. The first-order chi connectivity index (χ1) is 9.03. The Balaban J connectivity index is 1.95. The van der Waals surface area contributed by atoms with Gasteiger partial charge in [-0.3, -0.25) is 0 Å². The number of aromatic amines is 1. The topological polar surface area (TPSA) is 124 Å². The van der Waals surface area contributed by atoms with Crippen LogP contribution in [0.5, 0.6) is 0 Å². The van der Waals surface area contributed by atoms with E-state index in [-0.39, 0.29) is 12.5 Å². The lowest BCUT2D eigenvalue weighted by atomic mass is 10.00. The van der Waals surface area contributed by atoms with E-state index in [0.29, 0.717) is 31.8 Å². The molecular formula is C9H18N6O3S. The molecule has 3 N–H and O–H groups in total. The predicted molar refractivity (Wildman–Crippen MR) is 66.0 cm³/mol. The van der Waals surface area contributed by atoms with E-state index in [1.165, 1.54) is 4.31 Å². The fourth-order valence-corrected chi connectivity index (χ4v) is 3.43. The highest BCUT2D eigenvalue weighted by Gasteiger charge is 2.29. The molecule has 1 fully saturated rings. The van der Waals surface area contributed by atoms with Crippen LogP contribution in [-0.4, -0.2) is 58.2 Å². The Morgan fingerprint density at radius 1 is 1.53 bits per heavy atom. The van der Waals surface area contributed by atoms with Crippen molar-refractivity contribution in [2.45, 2.75) is 25.8 Å². The van der Waals surface area contributed by atoms with Gasteiger partial charge in [-0.15, -0.1) is 10.2 Å². The molecule has 1 aromatic rings. The van der Waals surface area contributed by atoms with Gasteiger partial charge in [-0.2, -0.15) is 22.7 Å². The first kappa shape index (κ1) is 14.3. The van der Waals surface area contributed by atoms with Crippen molar-refractivity contribution in [1.82, 2.24) is 29.7 Å². The number of hydrogen-bond donors (Lipinski definition) is 3. The highest BCUT2D eigenvalue weighted by atomic mass is 32.2. The minimum absolute atomic E-state index is 0.112. The van der Waals surface area contributed by atoms with Crippen molar-refractivity contribution in [2.75, 3.05) is 19.7 Å².